The molecule has 1 amide bonds. The van der Waals surface area contributed by atoms with Crippen molar-refractivity contribution in [1.29, 1.82) is 0 Å². The standard InChI is InChI=1S/C18H16N2O6/c1-25-16-7-3-5-14(11-16)19-17(21)12-26-18(22)9-8-13-4-2-6-15(10-13)20(23)24/h2-11H,12H2,1H3,(H,19,21)/b9-8+. The number of amides is 1. The molecule has 8 nitrogen and oxygen atoms in total. The van der Waals surface area contributed by atoms with Crippen LogP contribution >= 0.6 is 0 Å². The minimum atomic E-state index is -0.739. The van der Waals surface area contributed by atoms with E-state index in [2.05, 4.69) is 5.32 Å². The molecule has 2 aromatic carbocycles. The number of nitrogens with zero attached hydrogens (tertiary/aromatic N) is 1. The fourth-order valence-electron chi connectivity index (χ4n) is 1.99. The van der Waals surface area contributed by atoms with Crippen molar-refractivity contribution in [3.05, 3.63) is 70.3 Å². The second-order valence-electron chi connectivity index (χ2n) is 5.07. The van der Waals surface area contributed by atoms with Gasteiger partial charge < -0.3 is 14.8 Å². The molecule has 0 aromatic heterocycles. The summed E-state index contributed by atoms with van der Waals surface area (Å²) in [6.45, 7) is -0.463. The van der Waals surface area contributed by atoms with Gasteiger partial charge in [-0.15, -0.1) is 0 Å². The lowest BCUT2D eigenvalue weighted by atomic mass is 10.2. The Kier molecular flexibility index (Phi) is 6.44. The van der Waals surface area contributed by atoms with Crippen molar-refractivity contribution in [3.63, 3.8) is 0 Å². The second kappa shape index (κ2) is 8.97. The average molecular weight is 356 g/mol. The Hall–Kier alpha value is -3.68. The van der Waals surface area contributed by atoms with E-state index in [1.165, 1.54) is 31.4 Å². The van der Waals surface area contributed by atoms with Crippen LogP contribution in [-0.4, -0.2) is 30.5 Å². The first-order valence-corrected chi connectivity index (χ1v) is 7.51. The van der Waals surface area contributed by atoms with Crippen LogP contribution in [0.25, 0.3) is 6.08 Å². The molecule has 0 unspecified atom stereocenters. The topological polar surface area (TPSA) is 108 Å². The molecule has 0 aliphatic rings. The summed E-state index contributed by atoms with van der Waals surface area (Å²) in [5.41, 5.74) is 0.896. The predicted molar refractivity (Wildman–Crippen MR) is 94.7 cm³/mol. The lowest BCUT2D eigenvalue weighted by Crippen LogP contribution is -2.20. The Balaban J connectivity index is 1.85. The first kappa shape index (κ1) is 18.7. The normalized spacial score (nSPS) is 10.3. The van der Waals surface area contributed by atoms with Gasteiger partial charge in [0.1, 0.15) is 5.75 Å². The van der Waals surface area contributed by atoms with Crippen LogP contribution in [0.1, 0.15) is 5.56 Å². The molecule has 0 atom stereocenters. The van der Waals surface area contributed by atoms with Gasteiger partial charge in [-0.2, -0.15) is 0 Å². The highest BCUT2D eigenvalue weighted by atomic mass is 16.6. The van der Waals surface area contributed by atoms with Crippen LogP contribution in [-0.2, 0) is 14.3 Å². The van der Waals surface area contributed by atoms with E-state index < -0.39 is 23.4 Å². The molecule has 2 rings (SSSR count). The maximum atomic E-state index is 11.8. The number of anilines is 1. The molecule has 2 aromatic rings. The number of non-ortho nitro benzene ring substituents is 1. The molecule has 134 valence electrons. The fraction of sp³-hybridized carbons (Fsp3) is 0.111. The van der Waals surface area contributed by atoms with Crippen molar-refractivity contribution >= 4 is 29.3 Å². The van der Waals surface area contributed by atoms with Gasteiger partial charge >= 0.3 is 5.97 Å². The summed E-state index contributed by atoms with van der Waals surface area (Å²) in [5, 5.41) is 13.3. The summed E-state index contributed by atoms with van der Waals surface area (Å²) in [4.78, 5) is 33.6. The highest BCUT2D eigenvalue weighted by Crippen LogP contribution is 2.16. The summed E-state index contributed by atoms with van der Waals surface area (Å²) in [7, 11) is 1.51. The van der Waals surface area contributed by atoms with Crippen molar-refractivity contribution in [3.8, 4) is 5.75 Å². The molecular weight excluding hydrogens is 340 g/mol. The molecule has 8 heteroatoms. The van der Waals surface area contributed by atoms with Gasteiger partial charge in [0.2, 0.25) is 0 Å². The maximum Gasteiger partial charge on any atom is 0.331 e. The number of benzene rings is 2. The number of nitrogens with one attached hydrogen (secondary N) is 1. The van der Waals surface area contributed by atoms with Gasteiger partial charge in [0.25, 0.3) is 11.6 Å². The third kappa shape index (κ3) is 5.75. The molecule has 0 bridgehead atoms. The van der Waals surface area contributed by atoms with E-state index in [1.807, 2.05) is 0 Å². The van der Waals surface area contributed by atoms with Crippen molar-refractivity contribution in [2.75, 3.05) is 19.0 Å². The van der Waals surface area contributed by atoms with Crippen LogP contribution in [0.2, 0.25) is 0 Å². The largest absolute Gasteiger partial charge is 0.497 e. The Morgan fingerprint density at radius 3 is 2.69 bits per heavy atom. The average Bonchev–Trinajstić information content (AvgIpc) is 2.65. The van der Waals surface area contributed by atoms with Crippen LogP contribution in [0.4, 0.5) is 11.4 Å². The minimum absolute atomic E-state index is 0.0850. The van der Waals surface area contributed by atoms with E-state index in [-0.39, 0.29) is 5.69 Å². The monoisotopic (exact) mass is 356 g/mol. The number of nitro benzene ring substituents is 1. The Morgan fingerprint density at radius 1 is 1.19 bits per heavy atom. The van der Waals surface area contributed by atoms with Gasteiger partial charge in [-0.05, 0) is 23.8 Å². The molecule has 1 N–H and O–H groups in total. The second-order valence-corrected chi connectivity index (χ2v) is 5.07. The molecule has 0 aliphatic carbocycles. The summed E-state index contributed by atoms with van der Waals surface area (Å²) in [6, 6.07) is 12.5. The quantitative estimate of drug-likeness (QED) is 0.354. The first-order valence-electron chi connectivity index (χ1n) is 7.51. The van der Waals surface area contributed by atoms with Gasteiger partial charge in [-0.25, -0.2) is 4.79 Å². The summed E-state index contributed by atoms with van der Waals surface area (Å²) < 4.78 is 9.87. The van der Waals surface area contributed by atoms with Gasteiger partial charge in [0.15, 0.2) is 6.61 Å². The van der Waals surface area contributed by atoms with Crippen LogP contribution in [0.15, 0.2) is 54.6 Å². The lowest BCUT2D eigenvalue weighted by Gasteiger charge is -2.07. The Morgan fingerprint density at radius 2 is 1.96 bits per heavy atom. The number of carbonyl (C=O) groups is 2. The minimum Gasteiger partial charge on any atom is -0.497 e. The lowest BCUT2D eigenvalue weighted by molar-refractivity contribution is -0.384. The Bertz CT molecular complexity index is 847. The Labute approximate surface area is 149 Å². The number of carbonyl (C=O) groups excluding carboxylic acids is 2. The van der Waals surface area contributed by atoms with E-state index >= 15 is 0 Å². The van der Waals surface area contributed by atoms with E-state index in [0.717, 1.165) is 6.08 Å². The zero-order valence-corrected chi connectivity index (χ0v) is 13.9. The van der Waals surface area contributed by atoms with Crippen LogP contribution in [0, 0.1) is 10.1 Å². The number of hydrogen-bond acceptors (Lipinski definition) is 6. The fourth-order valence-corrected chi connectivity index (χ4v) is 1.99. The molecule has 0 radical (unpaired) electrons. The zero-order chi connectivity index (χ0) is 18.9. The number of methoxy groups -OCH3 is 1. The van der Waals surface area contributed by atoms with Crippen LogP contribution in [0.5, 0.6) is 5.75 Å². The number of ether oxygens (including phenoxy) is 2. The van der Waals surface area contributed by atoms with Crippen LogP contribution in [0.3, 0.4) is 0 Å². The van der Waals surface area contributed by atoms with E-state index in [4.69, 9.17) is 9.47 Å². The predicted octanol–water partition coefficient (Wildman–Crippen LogP) is 2.80. The summed E-state index contributed by atoms with van der Waals surface area (Å²) >= 11 is 0. The smallest absolute Gasteiger partial charge is 0.331 e. The number of esters is 1. The molecular formula is C18H16N2O6. The van der Waals surface area contributed by atoms with Crippen molar-refractivity contribution in [1.82, 2.24) is 0 Å². The van der Waals surface area contributed by atoms with Crippen molar-refractivity contribution < 1.29 is 24.0 Å². The van der Waals surface area contributed by atoms with Gasteiger partial charge in [-0.1, -0.05) is 18.2 Å². The third-order valence-corrected chi connectivity index (χ3v) is 3.19. The number of rotatable bonds is 7. The van der Waals surface area contributed by atoms with Gasteiger partial charge in [-0.3, -0.25) is 14.9 Å². The molecule has 0 aliphatic heterocycles. The SMILES string of the molecule is COc1cccc(NC(=O)COC(=O)/C=C/c2cccc([N+](=O)[O-])c2)c1. The van der Waals surface area contributed by atoms with Crippen molar-refractivity contribution in [2.24, 2.45) is 0 Å². The highest BCUT2D eigenvalue weighted by molar-refractivity contribution is 5.94. The summed E-state index contributed by atoms with van der Waals surface area (Å²) in [6.07, 6.45) is 2.47. The van der Waals surface area contributed by atoms with Gasteiger partial charge in [0.05, 0.1) is 12.0 Å². The number of nitro groups is 1. The highest BCUT2D eigenvalue weighted by Gasteiger charge is 2.07. The molecule has 26 heavy (non-hydrogen) atoms. The molecule has 0 saturated heterocycles. The van der Waals surface area contributed by atoms with E-state index in [1.54, 1.807) is 30.3 Å². The van der Waals surface area contributed by atoms with E-state index in [0.29, 0.717) is 17.0 Å². The third-order valence-electron chi connectivity index (χ3n) is 3.19. The number of hydrogen-bond donors (Lipinski definition) is 1. The molecule has 0 spiro atoms. The van der Waals surface area contributed by atoms with Gasteiger partial charge in [0, 0.05) is 30.0 Å². The van der Waals surface area contributed by atoms with E-state index in [9.17, 15) is 19.7 Å². The zero-order valence-electron chi connectivity index (χ0n) is 13.9. The van der Waals surface area contributed by atoms with Crippen LogP contribution < -0.4 is 10.1 Å². The maximum absolute atomic E-state index is 11.8. The molecule has 0 heterocycles. The van der Waals surface area contributed by atoms with Crippen molar-refractivity contribution in [2.45, 2.75) is 0 Å². The first-order chi connectivity index (χ1) is 12.5. The summed E-state index contributed by atoms with van der Waals surface area (Å²) in [5.74, 6) is -0.660. The molecule has 0 saturated carbocycles. The molecule has 0 fully saturated rings.